The van der Waals surface area contributed by atoms with Crippen LogP contribution in [0.15, 0.2) is 4.99 Å². The molecule has 0 aromatic heterocycles. The highest BCUT2D eigenvalue weighted by Gasteiger charge is 2.47. The Morgan fingerprint density at radius 3 is 2.32 bits per heavy atom. The van der Waals surface area contributed by atoms with Crippen molar-refractivity contribution < 1.29 is 18.7 Å². The van der Waals surface area contributed by atoms with Crippen LogP contribution in [0.3, 0.4) is 0 Å². The normalized spacial score (nSPS) is 23.0. The zero-order valence-corrected chi connectivity index (χ0v) is 19.1. The van der Waals surface area contributed by atoms with Crippen LogP contribution >= 0.6 is 34.8 Å². The molecular weight excluding hydrogens is 405 g/mol. The van der Waals surface area contributed by atoms with Gasteiger partial charge in [-0.2, -0.15) is 0 Å². The van der Waals surface area contributed by atoms with Crippen molar-refractivity contribution in [3.05, 3.63) is 0 Å². The van der Waals surface area contributed by atoms with Crippen LogP contribution in [0.5, 0.6) is 0 Å². The molecule has 1 aliphatic heterocycles. The highest BCUT2D eigenvalue weighted by atomic mass is 35.6. The van der Waals surface area contributed by atoms with Gasteiger partial charge in [0, 0.05) is 0 Å². The number of halogens is 3. The molecule has 146 valence electrons. The molecule has 1 unspecified atom stereocenters. The summed E-state index contributed by atoms with van der Waals surface area (Å²) in [5, 5.41) is 0.0371. The molecule has 5 nitrogen and oxygen atoms in total. The second kappa shape index (κ2) is 8.34. The van der Waals surface area contributed by atoms with Gasteiger partial charge in [-0.1, -0.05) is 55.6 Å². The van der Waals surface area contributed by atoms with Crippen LogP contribution in [0.25, 0.3) is 0 Å². The van der Waals surface area contributed by atoms with Crippen molar-refractivity contribution in [2.75, 3.05) is 6.61 Å². The van der Waals surface area contributed by atoms with E-state index in [1.807, 2.05) is 6.92 Å². The predicted octanol–water partition coefficient (Wildman–Crippen LogP) is 4.89. The lowest BCUT2D eigenvalue weighted by molar-refractivity contribution is -0.144. The molecular formula is C16H28Cl3NO4Si. The third-order valence-corrected chi connectivity index (χ3v) is 9.64. The third kappa shape index (κ3) is 6.28. The van der Waals surface area contributed by atoms with E-state index in [-0.39, 0.29) is 29.4 Å². The fraction of sp³-hybridized carbons (Fsp3) is 0.875. The number of carbonyl (C=O) groups is 1. The number of hydrogen-bond donors (Lipinski definition) is 0. The largest absolute Gasteiger partial charge is 0.470 e. The number of aliphatic imine (C=N–C) groups is 1. The van der Waals surface area contributed by atoms with Crippen molar-refractivity contribution in [3.63, 3.8) is 0 Å². The molecule has 0 radical (unpaired) electrons. The Labute approximate surface area is 166 Å². The summed E-state index contributed by atoms with van der Waals surface area (Å²) in [5.74, 6) is -0.377. The minimum absolute atomic E-state index is 0.0116. The predicted molar refractivity (Wildman–Crippen MR) is 105 cm³/mol. The van der Waals surface area contributed by atoms with Crippen LogP contribution in [0, 0.1) is 0 Å². The summed E-state index contributed by atoms with van der Waals surface area (Å²) in [6.07, 6.45) is -0.772. The van der Waals surface area contributed by atoms with E-state index in [0.717, 1.165) is 0 Å². The first-order chi connectivity index (χ1) is 11.2. The number of alkyl halides is 3. The van der Waals surface area contributed by atoms with E-state index in [4.69, 9.17) is 48.7 Å². The minimum Gasteiger partial charge on any atom is -0.470 e. The Morgan fingerprint density at radius 2 is 1.88 bits per heavy atom. The third-order valence-electron chi connectivity index (χ3n) is 4.58. The van der Waals surface area contributed by atoms with E-state index >= 15 is 0 Å². The SMILES string of the molecule is CCOC(=O)C[C@@H]1N=C(C(Cl)(Cl)Cl)O[C@H]1C(C)O[Si](C)(C)C(C)(C)C. The molecule has 0 saturated heterocycles. The van der Waals surface area contributed by atoms with E-state index in [0.29, 0.717) is 6.61 Å². The fourth-order valence-electron chi connectivity index (χ4n) is 2.27. The van der Waals surface area contributed by atoms with Gasteiger partial charge in [0.25, 0.3) is 3.79 Å². The zero-order valence-electron chi connectivity index (χ0n) is 15.9. The van der Waals surface area contributed by atoms with E-state index in [2.05, 4.69) is 38.9 Å². The second-order valence-electron chi connectivity index (χ2n) is 7.67. The standard InChI is InChI=1S/C16H28Cl3NO4Si/c1-8-22-12(21)9-11-13(23-14(20-11)16(17,18)19)10(2)24-25(6,7)15(3,4)5/h10-11,13H,8-9H2,1-7H3/t10?,11-,13-/m0/s1. The van der Waals surface area contributed by atoms with Crippen molar-refractivity contribution in [1.82, 2.24) is 0 Å². The van der Waals surface area contributed by atoms with Crippen molar-refractivity contribution in [1.29, 1.82) is 0 Å². The van der Waals surface area contributed by atoms with Crippen molar-refractivity contribution in [3.8, 4) is 0 Å². The number of carbonyl (C=O) groups excluding carboxylic acids is 1. The summed E-state index contributed by atoms with van der Waals surface area (Å²) < 4.78 is 15.4. The Morgan fingerprint density at radius 1 is 1.32 bits per heavy atom. The Balaban J connectivity index is 2.96. The van der Waals surface area contributed by atoms with Crippen LogP contribution in [0.4, 0.5) is 0 Å². The number of rotatable bonds is 6. The average Bonchev–Trinajstić information content (AvgIpc) is 2.80. The van der Waals surface area contributed by atoms with Crippen LogP contribution in [0.2, 0.25) is 18.1 Å². The summed E-state index contributed by atoms with van der Waals surface area (Å²) in [4.78, 5) is 16.2. The Bertz CT molecular complexity index is 514. The highest BCUT2D eigenvalue weighted by molar-refractivity contribution is 6.76. The monoisotopic (exact) mass is 431 g/mol. The van der Waals surface area contributed by atoms with Gasteiger partial charge in [0.15, 0.2) is 8.32 Å². The summed E-state index contributed by atoms with van der Waals surface area (Å²) in [5.41, 5.74) is 0. The molecule has 25 heavy (non-hydrogen) atoms. The van der Waals surface area contributed by atoms with Crippen molar-refractivity contribution in [2.45, 2.75) is 81.2 Å². The summed E-state index contributed by atoms with van der Waals surface area (Å²) >= 11 is 17.7. The molecule has 0 aromatic rings. The summed E-state index contributed by atoms with van der Waals surface area (Å²) in [6.45, 7) is 14.7. The summed E-state index contributed by atoms with van der Waals surface area (Å²) in [7, 11) is -2.03. The van der Waals surface area contributed by atoms with Gasteiger partial charge in [-0.05, 0) is 32.0 Å². The lowest BCUT2D eigenvalue weighted by atomic mass is 10.0. The maximum atomic E-state index is 11.9. The molecule has 0 saturated carbocycles. The topological polar surface area (TPSA) is 57.1 Å². The Kier molecular flexibility index (Phi) is 7.68. The molecule has 1 rings (SSSR count). The minimum atomic E-state index is -2.03. The van der Waals surface area contributed by atoms with Gasteiger partial charge in [-0.3, -0.25) is 4.79 Å². The summed E-state index contributed by atoms with van der Waals surface area (Å²) in [6, 6.07) is -0.510. The van der Waals surface area contributed by atoms with Gasteiger partial charge in [0.2, 0.25) is 5.90 Å². The van der Waals surface area contributed by atoms with Gasteiger partial charge in [0.1, 0.15) is 12.1 Å². The van der Waals surface area contributed by atoms with Crippen LogP contribution < -0.4 is 0 Å². The van der Waals surface area contributed by atoms with E-state index < -0.39 is 24.3 Å². The van der Waals surface area contributed by atoms with Gasteiger partial charge < -0.3 is 13.9 Å². The fourth-order valence-corrected chi connectivity index (χ4v) is 3.97. The van der Waals surface area contributed by atoms with Crippen LogP contribution in [0.1, 0.15) is 41.0 Å². The van der Waals surface area contributed by atoms with Gasteiger partial charge >= 0.3 is 5.97 Å². The molecule has 1 aliphatic rings. The van der Waals surface area contributed by atoms with E-state index in [1.165, 1.54) is 0 Å². The lowest BCUT2D eigenvalue weighted by Gasteiger charge is -2.40. The molecule has 0 spiro atoms. The number of nitrogens with zero attached hydrogens (tertiary/aromatic N) is 1. The maximum Gasteiger partial charge on any atom is 0.308 e. The molecule has 1 heterocycles. The number of esters is 1. The molecule has 0 fully saturated rings. The quantitative estimate of drug-likeness (QED) is 0.341. The first-order valence-electron chi connectivity index (χ1n) is 8.34. The zero-order chi connectivity index (χ0) is 19.6. The smallest absolute Gasteiger partial charge is 0.308 e. The van der Waals surface area contributed by atoms with Gasteiger partial charge in [-0.25, -0.2) is 4.99 Å². The van der Waals surface area contributed by atoms with E-state index in [9.17, 15) is 4.79 Å². The lowest BCUT2D eigenvalue weighted by Crippen LogP contribution is -2.48. The van der Waals surface area contributed by atoms with Crippen LogP contribution in [-0.2, 0) is 18.7 Å². The van der Waals surface area contributed by atoms with Crippen LogP contribution in [-0.4, -0.2) is 48.8 Å². The second-order valence-corrected chi connectivity index (χ2v) is 14.7. The molecule has 0 N–H and O–H groups in total. The molecule has 9 heteroatoms. The molecule has 0 aliphatic carbocycles. The Hall–Kier alpha value is -0.0131. The molecule has 0 aromatic carbocycles. The number of hydrogen-bond acceptors (Lipinski definition) is 5. The number of ether oxygens (including phenoxy) is 2. The average molecular weight is 433 g/mol. The molecule has 0 amide bonds. The van der Waals surface area contributed by atoms with E-state index in [1.54, 1.807) is 6.92 Å². The van der Waals surface area contributed by atoms with Gasteiger partial charge in [-0.15, -0.1) is 0 Å². The van der Waals surface area contributed by atoms with Crippen molar-refractivity contribution in [2.24, 2.45) is 4.99 Å². The first-order valence-corrected chi connectivity index (χ1v) is 12.4. The maximum absolute atomic E-state index is 11.9. The molecule has 3 atom stereocenters. The van der Waals surface area contributed by atoms with Crippen molar-refractivity contribution >= 4 is 55.0 Å². The first kappa shape index (κ1) is 23.0. The van der Waals surface area contributed by atoms with Gasteiger partial charge in [0.05, 0.1) is 19.1 Å². The molecule has 0 bridgehead atoms. The highest BCUT2D eigenvalue weighted by Crippen LogP contribution is 2.40.